The quantitative estimate of drug-likeness (QED) is 0.725. The molecule has 7 heteroatoms. The molecule has 156 valence electrons. The number of aryl methyl sites for hydroxylation is 2. The molecule has 1 amide bonds. The summed E-state index contributed by atoms with van der Waals surface area (Å²) < 4.78 is 33.2. The molecule has 1 fully saturated rings. The molecule has 0 atom stereocenters. The molecule has 1 heterocycles. The fourth-order valence-corrected chi connectivity index (χ4v) is 5.32. The molecule has 1 aliphatic rings. The number of nitrogens with zero attached hydrogens (tertiary/aromatic N) is 2. The van der Waals surface area contributed by atoms with E-state index in [9.17, 15) is 13.2 Å². The van der Waals surface area contributed by atoms with E-state index in [1.807, 2.05) is 45.0 Å². The van der Waals surface area contributed by atoms with Crippen molar-refractivity contribution in [2.45, 2.75) is 32.1 Å². The number of amides is 1. The van der Waals surface area contributed by atoms with Crippen molar-refractivity contribution in [3.63, 3.8) is 0 Å². The van der Waals surface area contributed by atoms with Gasteiger partial charge in [0.15, 0.2) is 0 Å². The maximum absolute atomic E-state index is 13.3. The van der Waals surface area contributed by atoms with E-state index in [0.29, 0.717) is 50.4 Å². The van der Waals surface area contributed by atoms with Crippen LogP contribution in [0.25, 0.3) is 0 Å². The Morgan fingerprint density at radius 2 is 1.79 bits per heavy atom. The van der Waals surface area contributed by atoms with Gasteiger partial charge in [0.05, 0.1) is 18.1 Å². The first-order valence-electron chi connectivity index (χ1n) is 9.98. The lowest BCUT2D eigenvalue weighted by Crippen LogP contribution is -2.41. The van der Waals surface area contributed by atoms with Crippen LogP contribution in [0.3, 0.4) is 0 Å². The number of sulfonamides is 1. The van der Waals surface area contributed by atoms with Crippen molar-refractivity contribution >= 4 is 21.6 Å². The van der Waals surface area contributed by atoms with E-state index in [2.05, 4.69) is 0 Å². The Kier molecular flexibility index (Phi) is 6.72. The number of para-hydroxylation sites is 1. The zero-order chi connectivity index (χ0) is 21.0. The van der Waals surface area contributed by atoms with Gasteiger partial charge in [-0.25, -0.2) is 8.42 Å². The molecule has 2 aromatic carbocycles. The first-order valence-corrected chi connectivity index (χ1v) is 11.4. The number of carbonyl (C=O) groups excluding carboxylic acids is 1. The molecule has 0 saturated carbocycles. The molecule has 0 unspecified atom stereocenters. The number of hydrogen-bond acceptors (Lipinski definition) is 4. The molecule has 1 aliphatic heterocycles. The minimum absolute atomic E-state index is 0.206. The lowest BCUT2D eigenvalue weighted by Gasteiger charge is -2.27. The lowest BCUT2D eigenvalue weighted by molar-refractivity contribution is 0.0730. The second kappa shape index (κ2) is 9.07. The van der Waals surface area contributed by atoms with Crippen molar-refractivity contribution in [1.82, 2.24) is 4.31 Å². The minimum Gasteiger partial charge on any atom is -0.379 e. The van der Waals surface area contributed by atoms with Crippen molar-refractivity contribution in [3.05, 3.63) is 59.2 Å². The Balaban J connectivity index is 2.01. The maximum Gasteiger partial charge on any atom is 0.258 e. The fraction of sp³-hybridized carbons (Fsp3) is 0.409. The van der Waals surface area contributed by atoms with Crippen LogP contribution in [-0.4, -0.2) is 51.5 Å². The summed E-state index contributed by atoms with van der Waals surface area (Å²) in [7, 11) is -3.68. The Morgan fingerprint density at radius 3 is 2.41 bits per heavy atom. The largest absolute Gasteiger partial charge is 0.379 e. The number of morpholine rings is 1. The van der Waals surface area contributed by atoms with Gasteiger partial charge < -0.3 is 9.64 Å². The summed E-state index contributed by atoms with van der Waals surface area (Å²) in [5.41, 5.74) is 2.91. The predicted molar refractivity (Wildman–Crippen MR) is 114 cm³/mol. The molecule has 0 radical (unpaired) electrons. The maximum atomic E-state index is 13.3. The van der Waals surface area contributed by atoms with Gasteiger partial charge in [-0.2, -0.15) is 4.31 Å². The van der Waals surface area contributed by atoms with Crippen molar-refractivity contribution in [3.8, 4) is 0 Å². The Bertz CT molecular complexity index is 982. The first kappa shape index (κ1) is 21.5. The van der Waals surface area contributed by atoms with Crippen molar-refractivity contribution in [2.24, 2.45) is 0 Å². The van der Waals surface area contributed by atoms with Gasteiger partial charge >= 0.3 is 0 Å². The Labute approximate surface area is 173 Å². The molecular weight excluding hydrogens is 388 g/mol. The molecule has 0 bridgehead atoms. The average molecular weight is 417 g/mol. The van der Waals surface area contributed by atoms with Crippen LogP contribution in [0.2, 0.25) is 0 Å². The number of ether oxygens (including phenoxy) is 1. The summed E-state index contributed by atoms with van der Waals surface area (Å²) in [4.78, 5) is 15.2. The minimum atomic E-state index is -3.68. The van der Waals surface area contributed by atoms with Crippen LogP contribution >= 0.6 is 0 Å². The standard InChI is InChI=1S/C22H28N2O4S/c1-4-18-10-11-19(16-21(18)29(26,27)23-12-14-28-15-13-23)22(25)24(5-2)20-9-7-6-8-17(20)3/h6-11,16H,4-5,12-15H2,1-3H3. The fourth-order valence-electron chi connectivity index (χ4n) is 3.59. The van der Waals surface area contributed by atoms with Crippen molar-refractivity contribution < 1.29 is 17.9 Å². The highest BCUT2D eigenvalue weighted by atomic mass is 32.2. The SMILES string of the molecule is CCc1ccc(C(=O)N(CC)c2ccccc2C)cc1S(=O)(=O)N1CCOCC1. The highest BCUT2D eigenvalue weighted by Crippen LogP contribution is 2.26. The molecule has 1 saturated heterocycles. The molecule has 0 N–H and O–H groups in total. The normalized spacial score (nSPS) is 15.3. The second-order valence-corrected chi connectivity index (χ2v) is 8.93. The lowest BCUT2D eigenvalue weighted by atomic mass is 10.1. The van der Waals surface area contributed by atoms with E-state index < -0.39 is 10.0 Å². The third-order valence-corrected chi connectivity index (χ3v) is 7.23. The number of rotatable bonds is 6. The van der Waals surface area contributed by atoms with Gasteiger partial charge in [0.2, 0.25) is 10.0 Å². The number of hydrogen-bond donors (Lipinski definition) is 0. The van der Waals surface area contributed by atoms with Crippen LogP contribution in [0.15, 0.2) is 47.4 Å². The summed E-state index contributed by atoms with van der Waals surface area (Å²) in [5.74, 6) is -0.206. The molecule has 0 aliphatic carbocycles. The van der Waals surface area contributed by atoms with Gasteiger partial charge in [0, 0.05) is 30.9 Å². The van der Waals surface area contributed by atoms with Crippen molar-refractivity contribution in [1.29, 1.82) is 0 Å². The smallest absolute Gasteiger partial charge is 0.258 e. The van der Waals surface area contributed by atoms with Crippen LogP contribution in [0.5, 0.6) is 0 Å². The first-order chi connectivity index (χ1) is 13.9. The van der Waals surface area contributed by atoms with Crippen LogP contribution in [0.4, 0.5) is 5.69 Å². The summed E-state index contributed by atoms with van der Waals surface area (Å²) in [6.45, 7) is 7.70. The van der Waals surface area contributed by atoms with E-state index in [-0.39, 0.29) is 10.8 Å². The zero-order valence-corrected chi connectivity index (χ0v) is 18.0. The molecule has 0 spiro atoms. The van der Waals surface area contributed by atoms with Crippen LogP contribution in [-0.2, 0) is 21.2 Å². The van der Waals surface area contributed by atoms with Gasteiger partial charge in [-0.3, -0.25) is 4.79 Å². The molecular formula is C22H28N2O4S. The molecule has 6 nitrogen and oxygen atoms in total. The average Bonchev–Trinajstić information content (AvgIpc) is 2.75. The zero-order valence-electron chi connectivity index (χ0n) is 17.2. The molecule has 0 aromatic heterocycles. The van der Waals surface area contributed by atoms with E-state index in [0.717, 1.165) is 11.3 Å². The second-order valence-electron chi connectivity index (χ2n) is 7.03. The van der Waals surface area contributed by atoms with E-state index >= 15 is 0 Å². The summed E-state index contributed by atoms with van der Waals surface area (Å²) in [6, 6.07) is 12.7. The van der Waals surface area contributed by atoms with E-state index in [1.165, 1.54) is 10.4 Å². The van der Waals surface area contributed by atoms with Gasteiger partial charge in [-0.1, -0.05) is 31.2 Å². The van der Waals surface area contributed by atoms with Gasteiger partial charge in [0.25, 0.3) is 5.91 Å². The van der Waals surface area contributed by atoms with Gasteiger partial charge in [-0.05, 0) is 49.6 Å². The topological polar surface area (TPSA) is 66.9 Å². The van der Waals surface area contributed by atoms with Crippen molar-refractivity contribution in [2.75, 3.05) is 37.7 Å². The summed E-state index contributed by atoms with van der Waals surface area (Å²) in [5, 5.41) is 0. The summed E-state index contributed by atoms with van der Waals surface area (Å²) in [6.07, 6.45) is 0.572. The highest BCUT2D eigenvalue weighted by Gasteiger charge is 2.29. The number of benzene rings is 2. The third kappa shape index (κ3) is 4.37. The van der Waals surface area contributed by atoms with Crippen LogP contribution < -0.4 is 4.90 Å². The van der Waals surface area contributed by atoms with Gasteiger partial charge in [-0.15, -0.1) is 0 Å². The van der Waals surface area contributed by atoms with Crippen LogP contribution in [0, 0.1) is 6.92 Å². The van der Waals surface area contributed by atoms with Crippen LogP contribution in [0.1, 0.15) is 35.3 Å². The Hall–Kier alpha value is -2.22. The van der Waals surface area contributed by atoms with E-state index in [4.69, 9.17) is 4.74 Å². The molecule has 29 heavy (non-hydrogen) atoms. The number of anilines is 1. The Morgan fingerprint density at radius 1 is 1.10 bits per heavy atom. The molecule has 3 rings (SSSR count). The van der Waals surface area contributed by atoms with E-state index in [1.54, 1.807) is 17.0 Å². The number of carbonyl (C=O) groups is 1. The monoisotopic (exact) mass is 416 g/mol. The summed E-state index contributed by atoms with van der Waals surface area (Å²) >= 11 is 0. The predicted octanol–water partition coefficient (Wildman–Crippen LogP) is 3.25. The highest BCUT2D eigenvalue weighted by molar-refractivity contribution is 7.89. The third-order valence-electron chi connectivity index (χ3n) is 5.25. The molecule has 2 aromatic rings. The van der Waals surface area contributed by atoms with Gasteiger partial charge in [0.1, 0.15) is 0 Å².